The first-order chi connectivity index (χ1) is 8.19. The van der Waals surface area contributed by atoms with E-state index >= 15 is 0 Å². The zero-order valence-corrected chi connectivity index (χ0v) is 9.17. The highest BCUT2D eigenvalue weighted by atomic mass is 16.6. The highest BCUT2D eigenvalue weighted by Crippen LogP contribution is 2.25. The molecule has 1 rings (SSSR count). The van der Waals surface area contributed by atoms with Crippen molar-refractivity contribution in [2.45, 2.75) is 12.8 Å². The quantitative estimate of drug-likeness (QED) is 0.333. The topological polar surface area (TPSA) is 89.7 Å². The number of aldehydes is 1. The van der Waals surface area contributed by atoms with Crippen LogP contribution in [-0.4, -0.2) is 29.5 Å². The van der Waals surface area contributed by atoms with Crippen LogP contribution in [0.5, 0.6) is 5.75 Å². The van der Waals surface area contributed by atoms with Gasteiger partial charge >= 0.3 is 0 Å². The van der Waals surface area contributed by atoms with Gasteiger partial charge in [0.15, 0.2) is 0 Å². The molecule has 0 amide bonds. The first-order valence-corrected chi connectivity index (χ1v) is 5.13. The van der Waals surface area contributed by atoms with Gasteiger partial charge in [0, 0.05) is 31.1 Å². The van der Waals surface area contributed by atoms with E-state index in [4.69, 9.17) is 9.84 Å². The fraction of sp³-hybridized carbons (Fsp3) is 0.364. The largest absolute Gasteiger partial charge is 0.493 e. The molecule has 0 aromatic heterocycles. The van der Waals surface area contributed by atoms with Crippen LogP contribution in [0.2, 0.25) is 0 Å². The lowest BCUT2D eigenvalue weighted by Crippen LogP contribution is -2.03. The number of benzene rings is 1. The Kier molecular flexibility index (Phi) is 5.09. The Balaban J connectivity index is 2.89. The zero-order chi connectivity index (χ0) is 12.7. The summed E-state index contributed by atoms with van der Waals surface area (Å²) in [6.45, 7) is 0.238. The fourth-order valence-electron chi connectivity index (χ4n) is 1.30. The summed E-state index contributed by atoms with van der Waals surface area (Å²) in [5, 5.41) is 19.2. The first-order valence-electron chi connectivity index (χ1n) is 5.13. The molecule has 0 saturated heterocycles. The van der Waals surface area contributed by atoms with Crippen LogP contribution in [0.3, 0.4) is 0 Å². The Bertz CT molecular complexity index is 405. The number of nitrogens with zero attached hydrogens (tertiary/aromatic N) is 1. The second-order valence-electron chi connectivity index (χ2n) is 3.35. The third-order valence-electron chi connectivity index (χ3n) is 2.12. The molecule has 6 nitrogen and oxygen atoms in total. The van der Waals surface area contributed by atoms with E-state index < -0.39 is 4.92 Å². The Morgan fingerprint density at radius 2 is 2.24 bits per heavy atom. The molecular formula is C11H13NO5. The van der Waals surface area contributed by atoms with Crippen molar-refractivity contribution in [3.05, 3.63) is 33.9 Å². The highest BCUT2D eigenvalue weighted by molar-refractivity contribution is 5.59. The van der Waals surface area contributed by atoms with Crippen molar-refractivity contribution in [2.24, 2.45) is 0 Å². The van der Waals surface area contributed by atoms with Crippen molar-refractivity contribution in [1.29, 1.82) is 0 Å². The molecule has 92 valence electrons. The van der Waals surface area contributed by atoms with Gasteiger partial charge in [-0.15, -0.1) is 0 Å². The van der Waals surface area contributed by atoms with E-state index in [9.17, 15) is 14.9 Å². The van der Waals surface area contributed by atoms with E-state index in [1.807, 2.05) is 0 Å². The maximum Gasteiger partial charge on any atom is 0.273 e. The molecule has 6 heteroatoms. The molecule has 0 aliphatic rings. The summed E-state index contributed by atoms with van der Waals surface area (Å²) in [4.78, 5) is 20.5. The van der Waals surface area contributed by atoms with Crippen LogP contribution in [0.1, 0.15) is 12.0 Å². The van der Waals surface area contributed by atoms with Crippen LogP contribution >= 0.6 is 0 Å². The summed E-state index contributed by atoms with van der Waals surface area (Å²) in [5.74, 6) is 0.319. The standard InChI is InChI=1S/C11H13NO5/c13-5-1-7-17-11-8-10(12(15)16)3-2-9(11)4-6-14/h2-3,6,8,13H,1,4-5,7H2. The van der Waals surface area contributed by atoms with E-state index in [0.717, 1.165) is 0 Å². The normalized spacial score (nSPS) is 9.94. The van der Waals surface area contributed by atoms with E-state index in [1.165, 1.54) is 18.2 Å². The molecular weight excluding hydrogens is 226 g/mol. The highest BCUT2D eigenvalue weighted by Gasteiger charge is 2.11. The molecule has 0 atom stereocenters. The van der Waals surface area contributed by atoms with Crippen molar-refractivity contribution in [2.75, 3.05) is 13.2 Å². The molecule has 0 aliphatic carbocycles. The molecule has 1 aromatic carbocycles. The van der Waals surface area contributed by atoms with Crippen LogP contribution in [0.25, 0.3) is 0 Å². The summed E-state index contributed by atoms with van der Waals surface area (Å²) in [6.07, 6.45) is 1.29. The molecule has 0 spiro atoms. The molecule has 0 radical (unpaired) electrons. The van der Waals surface area contributed by atoms with Crippen molar-refractivity contribution in [1.82, 2.24) is 0 Å². The lowest BCUT2D eigenvalue weighted by molar-refractivity contribution is -0.385. The molecule has 0 bridgehead atoms. The molecule has 0 aliphatic heterocycles. The van der Waals surface area contributed by atoms with Gasteiger partial charge in [-0.05, 0) is 6.07 Å². The average Bonchev–Trinajstić information content (AvgIpc) is 2.31. The van der Waals surface area contributed by atoms with E-state index in [2.05, 4.69) is 0 Å². The minimum Gasteiger partial charge on any atom is -0.493 e. The number of hydrogen-bond acceptors (Lipinski definition) is 5. The minimum atomic E-state index is -0.524. The van der Waals surface area contributed by atoms with Crippen molar-refractivity contribution < 1.29 is 19.6 Å². The second kappa shape index (κ2) is 6.59. The maximum absolute atomic E-state index is 10.6. The number of aliphatic hydroxyl groups is 1. The molecule has 0 unspecified atom stereocenters. The Labute approximate surface area is 98.0 Å². The summed E-state index contributed by atoms with van der Waals surface area (Å²) in [5.41, 5.74) is 0.516. The fourth-order valence-corrected chi connectivity index (χ4v) is 1.30. The van der Waals surface area contributed by atoms with E-state index in [0.29, 0.717) is 24.0 Å². The number of carbonyl (C=O) groups is 1. The summed E-state index contributed by atoms with van der Waals surface area (Å²) < 4.78 is 5.30. The number of non-ortho nitro benzene ring substituents is 1. The van der Waals surface area contributed by atoms with Crippen LogP contribution in [-0.2, 0) is 11.2 Å². The summed E-state index contributed by atoms with van der Waals surface area (Å²) >= 11 is 0. The number of ether oxygens (including phenoxy) is 1. The molecule has 0 saturated carbocycles. The Hall–Kier alpha value is -1.95. The smallest absolute Gasteiger partial charge is 0.273 e. The Morgan fingerprint density at radius 1 is 1.47 bits per heavy atom. The number of rotatable bonds is 7. The summed E-state index contributed by atoms with van der Waals surface area (Å²) in [6, 6.07) is 4.12. The lowest BCUT2D eigenvalue weighted by Gasteiger charge is -2.09. The molecule has 0 heterocycles. The zero-order valence-electron chi connectivity index (χ0n) is 9.17. The lowest BCUT2D eigenvalue weighted by atomic mass is 10.1. The van der Waals surface area contributed by atoms with Gasteiger partial charge in [-0.3, -0.25) is 10.1 Å². The monoisotopic (exact) mass is 239 g/mol. The van der Waals surface area contributed by atoms with Crippen molar-refractivity contribution in [3.63, 3.8) is 0 Å². The SMILES string of the molecule is O=CCc1ccc([N+](=O)[O-])cc1OCCCO. The van der Waals surface area contributed by atoms with E-state index in [-0.39, 0.29) is 25.3 Å². The van der Waals surface area contributed by atoms with Gasteiger partial charge in [0.1, 0.15) is 12.0 Å². The maximum atomic E-state index is 10.6. The van der Waals surface area contributed by atoms with E-state index in [1.54, 1.807) is 0 Å². The van der Waals surface area contributed by atoms with Crippen LogP contribution in [0, 0.1) is 10.1 Å². The molecule has 1 N–H and O–H groups in total. The summed E-state index contributed by atoms with van der Waals surface area (Å²) in [7, 11) is 0. The predicted octanol–water partition coefficient (Wildman–Crippen LogP) is 1.10. The van der Waals surface area contributed by atoms with Crippen LogP contribution in [0.4, 0.5) is 5.69 Å². The molecule has 0 fully saturated rings. The predicted molar refractivity (Wildman–Crippen MR) is 60.1 cm³/mol. The van der Waals surface area contributed by atoms with Crippen molar-refractivity contribution in [3.8, 4) is 5.75 Å². The first kappa shape index (κ1) is 13.1. The third-order valence-corrected chi connectivity index (χ3v) is 2.12. The van der Waals surface area contributed by atoms with Gasteiger partial charge in [-0.2, -0.15) is 0 Å². The molecule has 1 aromatic rings. The third kappa shape index (κ3) is 3.84. The van der Waals surface area contributed by atoms with Gasteiger partial charge in [-0.1, -0.05) is 0 Å². The number of hydrogen-bond donors (Lipinski definition) is 1. The number of carbonyl (C=O) groups excluding carboxylic acids is 1. The molecule has 17 heavy (non-hydrogen) atoms. The van der Waals surface area contributed by atoms with Gasteiger partial charge < -0.3 is 14.6 Å². The number of nitro groups is 1. The average molecular weight is 239 g/mol. The van der Waals surface area contributed by atoms with Gasteiger partial charge in [0.25, 0.3) is 5.69 Å². The minimum absolute atomic E-state index is 0.0159. The van der Waals surface area contributed by atoms with Crippen LogP contribution in [0.15, 0.2) is 18.2 Å². The van der Waals surface area contributed by atoms with Gasteiger partial charge in [0.2, 0.25) is 0 Å². The van der Waals surface area contributed by atoms with Crippen LogP contribution < -0.4 is 4.74 Å². The number of nitro benzene ring substituents is 1. The second-order valence-corrected chi connectivity index (χ2v) is 3.35. The van der Waals surface area contributed by atoms with Crippen molar-refractivity contribution >= 4 is 12.0 Å². The number of aliphatic hydroxyl groups excluding tert-OH is 1. The van der Waals surface area contributed by atoms with Gasteiger partial charge in [-0.25, -0.2) is 0 Å². The van der Waals surface area contributed by atoms with Gasteiger partial charge in [0.05, 0.1) is 17.6 Å². The Morgan fingerprint density at radius 3 is 2.82 bits per heavy atom.